The van der Waals surface area contributed by atoms with Gasteiger partial charge in [-0.1, -0.05) is 30.3 Å². The highest BCUT2D eigenvalue weighted by molar-refractivity contribution is 5.92. The normalized spacial score (nSPS) is 11.1. The molecule has 2 rings (SSSR count). The van der Waals surface area contributed by atoms with E-state index in [-0.39, 0.29) is 31.3 Å². The highest BCUT2D eigenvalue weighted by Gasteiger charge is 2.15. The Morgan fingerprint density at radius 3 is 2.34 bits per heavy atom. The quantitative estimate of drug-likeness (QED) is 0.540. The molecule has 0 fully saturated rings. The van der Waals surface area contributed by atoms with Crippen molar-refractivity contribution in [3.63, 3.8) is 0 Å². The van der Waals surface area contributed by atoms with Crippen LogP contribution in [-0.4, -0.2) is 30.1 Å². The number of halogens is 1. The number of amides is 3. The molecular formula is C24H28FN3O4. The number of carbonyl (C=O) groups is 3. The van der Waals surface area contributed by atoms with E-state index >= 15 is 0 Å². The van der Waals surface area contributed by atoms with Crippen molar-refractivity contribution in [1.29, 1.82) is 0 Å². The number of alkyl carbamates (subject to hydrolysis) is 1. The number of ether oxygens (including phenoxy) is 1. The first-order chi connectivity index (χ1) is 15.1. The molecule has 170 valence electrons. The van der Waals surface area contributed by atoms with Crippen molar-refractivity contribution < 1.29 is 23.5 Å². The van der Waals surface area contributed by atoms with E-state index < -0.39 is 17.5 Å². The van der Waals surface area contributed by atoms with E-state index in [9.17, 15) is 18.8 Å². The second kappa shape index (κ2) is 11.6. The molecule has 3 N–H and O–H groups in total. The lowest BCUT2D eigenvalue weighted by Crippen LogP contribution is -2.34. The predicted molar refractivity (Wildman–Crippen MR) is 121 cm³/mol. The average Bonchev–Trinajstić information content (AvgIpc) is 2.71. The molecule has 0 aliphatic carbocycles. The fourth-order valence-electron chi connectivity index (χ4n) is 2.55. The number of benzene rings is 2. The summed E-state index contributed by atoms with van der Waals surface area (Å²) in [5.74, 6) is -0.988. The molecular weight excluding hydrogens is 413 g/mol. The molecule has 2 aromatic carbocycles. The summed E-state index contributed by atoms with van der Waals surface area (Å²) < 4.78 is 18.6. The lowest BCUT2D eigenvalue weighted by atomic mass is 10.2. The molecule has 0 atom stereocenters. The molecule has 2 aromatic rings. The number of carbonyl (C=O) groups excluding carboxylic acids is 3. The maximum Gasteiger partial charge on any atom is 0.407 e. The topological polar surface area (TPSA) is 96.5 Å². The first-order valence-electron chi connectivity index (χ1n) is 10.2. The van der Waals surface area contributed by atoms with Gasteiger partial charge in [-0.05, 0) is 50.6 Å². The summed E-state index contributed by atoms with van der Waals surface area (Å²) in [4.78, 5) is 35.5. The molecule has 0 saturated heterocycles. The van der Waals surface area contributed by atoms with Crippen molar-refractivity contribution in [1.82, 2.24) is 10.6 Å². The van der Waals surface area contributed by atoms with E-state index in [4.69, 9.17) is 4.74 Å². The van der Waals surface area contributed by atoms with Crippen molar-refractivity contribution in [3.8, 4) is 0 Å². The fraction of sp³-hybridized carbons (Fsp3) is 0.292. The molecule has 0 spiro atoms. The summed E-state index contributed by atoms with van der Waals surface area (Å²) in [6, 6.07) is 13.2. The Morgan fingerprint density at radius 1 is 1.00 bits per heavy atom. The minimum atomic E-state index is -0.594. The molecule has 3 amide bonds. The standard InChI is InChI=1S/C24H28FN3O4/c1-24(2,3)32-23(31)26-15-14-22(30)28-19-11-8-17(9-12-19)16-27-21(29)13-10-18-6-4-5-7-20(18)25/h4-13H,14-16H2,1-3H3,(H,26,31)(H,27,29)(H,28,30)/b13-10+. The van der Waals surface area contributed by atoms with E-state index in [2.05, 4.69) is 16.0 Å². The monoisotopic (exact) mass is 441 g/mol. The van der Waals surface area contributed by atoms with Gasteiger partial charge in [-0.2, -0.15) is 0 Å². The van der Waals surface area contributed by atoms with Gasteiger partial charge in [-0.3, -0.25) is 9.59 Å². The zero-order valence-electron chi connectivity index (χ0n) is 18.4. The van der Waals surface area contributed by atoms with Crippen molar-refractivity contribution in [2.45, 2.75) is 39.3 Å². The maximum absolute atomic E-state index is 13.5. The molecule has 0 aliphatic heterocycles. The third-order valence-electron chi connectivity index (χ3n) is 4.04. The van der Waals surface area contributed by atoms with E-state index in [1.165, 1.54) is 18.2 Å². The Hall–Kier alpha value is -3.68. The van der Waals surface area contributed by atoms with Gasteiger partial charge in [-0.15, -0.1) is 0 Å². The summed E-state index contributed by atoms with van der Waals surface area (Å²) in [7, 11) is 0. The van der Waals surface area contributed by atoms with Crippen LogP contribution in [0, 0.1) is 5.82 Å². The SMILES string of the molecule is CC(C)(C)OC(=O)NCCC(=O)Nc1ccc(CNC(=O)/C=C/c2ccccc2F)cc1. The van der Waals surface area contributed by atoms with Crippen molar-refractivity contribution >= 4 is 29.7 Å². The molecule has 0 aliphatic rings. The minimum absolute atomic E-state index is 0.103. The Labute approximate surface area is 187 Å². The lowest BCUT2D eigenvalue weighted by molar-refractivity contribution is -0.117. The maximum atomic E-state index is 13.5. The molecule has 8 heteroatoms. The van der Waals surface area contributed by atoms with Crippen molar-refractivity contribution in [2.75, 3.05) is 11.9 Å². The smallest absolute Gasteiger partial charge is 0.407 e. The van der Waals surface area contributed by atoms with Gasteiger partial charge >= 0.3 is 6.09 Å². The van der Waals surface area contributed by atoms with Crippen LogP contribution >= 0.6 is 0 Å². The van der Waals surface area contributed by atoms with Crippen LogP contribution in [0.5, 0.6) is 0 Å². The molecule has 32 heavy (non-hydrogen) atoms. The van der Waals surface area contributed by atoms with Crippen LogP contribution in [0.1, 0.15) is 38.3 Å². The molecule has 0 saturated carbocycles. The van der Waals surface area contributed by atoms with E-state index in [1.807, 2.05) is 0 Å². The third-order valence-corrected chi connectivity index (χ3v) is 4.04. The van der Waals surface area contributed by atoms with Crippen LogP contribution in [0.4, 0.5) is 14.9 Å². The highest BCUT2D eigenvalue weighted by Crippen LogP contribution is 2.11. The number of anilines is 1. The predicted octanol–water partition coefficient (Wildman–Crippen LogP) is 4.01. The molecule has 7 nitrogen and oxygen atoms in total. The van der Waals surface area contributed by atoms with Gasteiger partial charge in [0.15, 0.2) is 0 Å². The second-order valence-corrected chi connectivity index (χ2v) is 8.00. The van der Waals surface area contributed by atoms with Crippen LogP contribution in [0.3, 0.4) is 0 Å². The van der Waals surface area contributed by atoms with Gasteiger partial charge < -0.3 is 20.7 Å². The van der Waals surface area contributed by atoms with E-state index in [0.717, 1.165) is 5.56 Å². The first-order valence-corrected chi connectivity index (χ1v) is 10.2. The number of hydrogen-bond acceptors (Lipinski definition) is 4. The summed E-state index contributed by atoms with van der Waals surface area (Å²) in [5, 5.41) is 7.98. The molecule has 0 heterocycles. The van der Waals surface area contributed by atoms with Crippen molar-refractivity contribution in [2.24, 2.45) is 0 Å². The molecule has 0 radical (unpaired) electrons. The van der Waals surface area contributed by atoms with Crippen molar-refractivity contribution in [3.05, 3.63) is 71.6 Å². The number of rotatable bonds is 8. The Morgan fingerprint density at radius 2 is 1.69 bits per heavy atom. The summed E-state index contributed by atoms with van der Waals surface area (Å²) in [5.41, 5.74) is 1.18. The van der Waals surface area contributed by atoms with Gasteiger partial charge in [0.25, 0.3) is 0 Å². The summed E-state index contributed by atoms with van der Waals surface area (Å²) in [6.45, 7) is 5.73. The minimum Gasteiger partial charge on any atom is -0.444 e. The molecule has 0 aromatic heterocycles. The van der Waals surface area contributed by atoms with Gasteiger partial charge in [0, 0.05) is 36.8 Å². The summed E-state index contributed by atoms with van der Waals surface area (Å²) >= 11 is 0. The lowest BCUT2D eigenvalue weighted by Gasteiger charge is -2.19. The van der Waals surface area contributed by atoms with Gasteiger partial charge in [0.1, 0.15) is 11.4 Å². The van der Waals surface area contributed by atoms with E-state index in [0.29, 0.717) is 11.3 Å². The van der Waals surface area contributed by atoms with Gasteiger partial charge in [-0.25, -0.2) is 9.18 Å². The third kappa shape index (κ3) is 9.42. The van der Waals surface area contributed by atoms with Crippen LogP contribution in [-0.2, 0) is 20.9 Å². The highest BCUT2D eigenvalue weighted by atomic mass is 19.1. The number of hydrogen-bond donors (Lipinski definition) is 3. The Bertz CT molecular complexity index is 966. The van der Waals surface area contributed by atoms with E-state index in [1.54, 1.807) is 63.2 Å². The Balaban J connectivity index is 1.72. The average molecular weight is 442 g/mol. The zero-order valence-corrected chi connectivity index (χ0v) is 18.4. The number of nitrogens with one attached hydrogen (secondary N) is 3. The summed E-state index contributed by atoms with van der Waals surface area (Å²) in [6.07, 6.45) is 2.23. The Kier molecular flexibility index (Phi) is 8.95. The molecule has 0 unspecified atom stereocenters. The van der Waals surface area contributed by atoms with Crippen LogP contribution in [0.15, 0.2) is 54.6 Å². The second-order valence-electron chi connectivity index (χ2n) is 8.00. The van der Waals surface area contributed by atoms with Crippen LogP contribution in [0.25, 0.3) is 6.08 Å². The molecule has 0 bridgehead atoms. The first kappa shape index (κ1) is 24.6. The fourth-order valence-corrected chi connectivity index (χ4v) is 2.55. The van der Waals surface area contributed by atoms with Crippen LogP contribution < -0.4 is 16.0 Å². The zero-order chi connectivity index (χ0) is 23.6. The van der Waals surface area contributed by atoms with Gasteiger partial charge in [0.2, 0.25) is 11.8 Å². The largest absolute Gasteiger partial charge is 0.444 e. The van der Waals surface area contributed by atoms with Gasteiger partial charge in [0.05, 0.1) is 0 Å². The van der Waals surface area contributed by atoms with Crippen LogP contribution in [0.2, 0.25) is 0 Å².